The van der Waals surface area contributed by atoms with E-state index < -0.39 is 0 Å². The minimum atomic E-state index is -0.0507. The van der Waals surface area contributed by atoms with Gasteiger partial charge in [0.25, 0.3) is 0 Å². The summed E-state index contributed by atoms with van der Waals surface area (Å²) in [5.74, 6) is 1.44. The van der Waals surface area contributed by atoms with Crippen LogP contribution in [0.15, 0.2) is 12.5 Å². The van der Waals surface area contributed by atoms with E-state index in [1.54, 1.807) is 6.33 Å². The first-order chi connectivity index (χ1) is 9.62. The van der Waals surface area contributed by atoms with Gasteiger partial charge in [0.15, 0.2) is 0 Å². The minimum Gasteiger partial charge on any atom is -0.375 e. The number of H-pyrrole nitrogens is 1. The van der Waals surface area contributed by atoms with Crippen molar-refractivity contribution in [3.05, 3.63) is 18.1 Å². The van der Waals surface area contributed by atoms with Gasteiger partial charge in [-0.15, -0.1) is 0 Å². The van der Waals surface area contributed by atoms with Crippen LogP contribution in [0.1, 0.15) is 32.8 Å². The molecule has 2 aromatic heterocycles. The van der Waals surface area contributed by atoms with Crippen molar-refractivity contribution in [1.29, 1.82) is 0 Å². The first-order valence-electron chi connectivity index (χ1n) is 7.30. The molecule has 1 unspecified atom stereocenters. The van der Waals surface area contributed by atoms with Gasteiger partial charge in [0.1, 0.15) is 17.8 Å². The number of fused-ring (bicyclic) bond motifs is 1. The van der Waals surface area contributed by atoms with Crippen molar-refractivity contribution in [2.75, 3.05) is 18.5 Å². The first-order valence-corrected chi connectivity index (χ1v) is 7.30. The van der Waals surface area contributed by atoms with E-state index in [2.05, 4.69) is 41.0 Å². The van der Waals surface area contributed by atoms with E-state index in [1.807, 2.05) is 6.20 Å². The van der Waals surface area contributed by atoms with Gasteiger partial charge in [-0.1, -0.05) is 6.92 Å². The number of hydrogen-bond acceptors (Lipinski definition) is 4. The molecular weight excluding hydrogens is 252 g/mol. The van der Waals surface area contributed by atoms with Gasteiger partial charge in [-0.2, -0.15) is 0 Å². The average Bonchev–Trinajstić information content (AvgIpc) is 2.99. The van der Waals surface area contributed by atoms with Crippen LogP contribution in [0.3, 0.4) is 0 Å². The molecule has 0 saturated carbocycles. The number of aromatic amines is 1. The van der Waals surface area contributed by atoms with Gasteiger partial charge in [-0.3, -0.25) is 0 Å². The van der Waals surface area contributed by atoms with Crippen molar-refractivity contribution in [2.24, 2.45) is 5.92 Å². The molecular formula is C15H22N4O. The molecule has 5 nitrogen and oxygen atoms in total. The molecule has 1 saturated heterocycles. The zero-order valence-electron chi connectivity index (χ0n) is 12.4. The van der Waals surface area contributed by atoms with Crippen LogP contribution >= 0.6 is 0 Å². The Labute approximate surface area is 119 Å². The van der Waals surface area contributed by atoms with E-state index >= 15 is 0 Å². The lowest BCUT2D eigenvalue weighted by molar-refractivity contribution is 0.0141. The fraction of sp³-hybridized carbons (Fsp3) is 0.600. The standard InChI is InChI=1S/C15H22N4O/c1-4-10-7-16-13-12(10)14(19-9-18-13)17-8-11-5-6-20-15(11,2)3/h7,9,11H,4-6,8H2,1-3H3,(H2,16,17,18,19). The zero-order valence-corrected chi connectivity index (χ0v) is 12.4. The van der Waals surface area contributed by atoms with E-state index in [4.69, 9.17) is 4.74 Å². The number of ether oxygens (including phenoxy) is 1. The van der Waals surface area contributed by atoms with Crippen LogP contribution in [-0.4, -0.2) is 33.7 Å². The fourth-order valence-corrected chi connectivity index (χ4v) is 2.94. The molecule has 2 N–H and O–H groups in total. The molecule has 108 valence electrons. The molecule has 3 heterocycles. The van der Waals surface area contributed by atoms with Crippen LogP contribution in [0.25, 0.3) is 11.0 Å². The lowest BCUT2D eigenvalue weighted by atomic mass is 9.91. The maximum Gasteiger partial charge on any atom is 0.143 e. The molecule has 1 fully saturated rings. The van der Waals surface area contributed by atoms with Crippen LogP contribution < -0.4 is 5.32 Å². The Morgan fingerprint density at radius 1 is 1.45 bits per heavy atom. The van der Waals surface area contributed by atoms with Gasteiger partial charge in [0, 0.05) is 25.3 Å². The number of rotatable bonds is 4. The Kier molecular flexibility index (Phi) is 3.38. The number of anilines is 1. The van der Waals surface area contributed by atoms with Crippen LogP contribution in [0.4, 0.5) is 5.82 Å². The molecule has 0 aliphatic carbocycles. The fourth-order valence-electron chi connectivity index (χ4n) is 2.94. The summed E-state index contributed by atoms with van der Waals surface area (Å²) in [5, 5.41) is 4.61. The second kappa shape index (κ2) is 5.05. The number of aryl methyl sites for hydroxylation is 1. The van der Waals surface area contributed by atoms with E-state index in [9.17, 15) is 0 Å². The van der Waals surface area contributed by atoms with E-state index in [1.165, 1.54) is 5.56 Å². The van der Waals surface area contributed by atoms with E-state index in [-0.39, 0.29) is 5.60 Å². The highest BCUT2D eigenvalue weighted by atomic mass is 16.5. The van der Waals surface area contributed by atoms with Crippen molar-refractivity contribution < 1.29 is 4.74 Å². The molecule has 1 aliphatic rings. The van der Waals surface area contributed by atoms with Crippen LogP contribution in [0.2, 0.25) is 0 Å². The quantitative estimate of drug-likeness (QED) is 0.900. The summed E-state index contributed by atoms with van der Waals surface area (Å²) in [5.41, 5.74) is 2.11. The Balaban J connectivity index is 1.82. The molecule has 2 aromatic rings. The third kappa shape index (κ3) is 2.26. The van der Waals surface area contributed by atoms with Crippen molar-refractivity contribution in [3.63, 3.8) is 0 Å². The lowest BCUT2D eigenvalue weighted by Gasteiger charge is -2.26. The summed E-state index contributed by atoms with van der Waals surface area (Å²) in [4.78, 5) is 11.9. The molecule has 0 bridgehead atoms. The number of hydrogen-bond donors (Lipinski definition) is 2. The summed E-state index contributed by atoms with van der Waals surface area (Å²) in [6.45, 7) is 8.20. The van der Waals surface area contributed by atoms with Gasteiger partial charge in [0.05, 0.1) is 11.0 Å². The smallest absolute Gasteiger partial charge is 0.143 e. The molecule has 0 aromatic carbocycles. The predicted octanol–water partition coefficient (Wildman–Crippen LogP) is 2.75. The van der Waals surface area contributed by atoms with Crippen molar-refractivity contribution in [3.8, 4) is 0 Å². The van der Waals surface area contributed by atoms with Gasteiger partial charge in [-0.05, 0) is 32.3 Å². The molecule has 3 rings (SSSR count). The van der Waals surface area contributed by atoms with Crippen molar-refractivity contribution in [2.45, 2.75) is 39.2 Å². The van der Waals surface area contributed by atoms with Crippen LogP contribution in [0.5, 0.6) is 0 Å². The summed E-state index contributed by atoms with van der Waals surface area (Å²) in [6.07, 6.45) is 5.70. The van der Waals surface area contributed by atoms with Crippen molar-refractivity contribution >= 4 is 16.9 Å². The highest BCUT2D eigenvalue weighted by molar-refractivity contribution is 5.90. The average molecular weight is 274 g/mol. The summed E-state index contributed by atoms with van der Waals surface area (Å²) in [7, 11) is 0. The third-order valence-electron chi connectivity index (χ3n) is 4.37. The Morgan fingerprint density at radius 3 is 3.00 bits per heavy atom. The topological polar surface area (TPSA) is 62.8 Å². The number of nitrogens with zero attached hydrogens (tertiary/aromatic N) is 2. The van der Waals surface area contributed by atoms with Crippen LogP contribution in [0, 0.1) is 5.92 Å². The predicted molar refractivity (Wildman–Crippen MR) is 79.9 cm³/mol. The third-order valence-corrected chi connectivity index (χ3v) is 4.37. The van der Waals surface area contributed by atoms with Crippen molar-refractivity contribution in [1.82, 2.24) is 15.0 Å². The summed E-state index contributed by atoms with van der Waals surface area (Å²) < 4.78 is 5.78. The molecule has 0 spiro atoms. The minimum absolute atomic E-state index is 0.0507. The van der Waals surface area contributed by atoms with Gasteiger partial charge < -0.3 is 15.0 Å². The van der Waals surface area contributed by atoms with Crippen LogP contribution in [-0.2, 0) is 11.2 Å². The molecule has 5 heteroatoms. The molecule has 0 amide bonds. The Bertz CT molecular complexity index is 605. The molecule has 1 aliphatic heterocycles. The lowest BCUT2D eigenvalue weighted by Crippen LogP contribution is -2.32. The van der Waals surface area contributed by atoms with Gasteiger partial charge in [-0.25, -0.2) is 9.97 Å². The maximum atomic E-state index is 5.78. The first kappa shape index (κ1) is 13.4. The summed E-state index contributed by atoms with van der Waals surface area (Å²) >= 11 is 0. The molecule has 0 radical (unpaired) electrons. The summed E-state index contributed by atoms with van der Waals surface area (Å²) in [6, 6.07) is 0. The highest BCUT2D eigenvalue weighted by Gasteiger charge is 2.35. The maximum absolute atomic E-state index is 5.78. The molecule has 20 heavy (non-hydrogen) atoms. The number of nitrogens with one attached hydrogen (secondary N) is 2. The van der Waals surface area contributed by atoms with Gasteiger partial charge >= 0.3 is 0 Å². The second-order valence-electron chi connectivity index (χ2n) is 5.93. The largest absolute Gasteiger partial charge is 0.375 e. The SMILES string of the molecule is CCc1c[nH]c2ncnc(NCC3CCOC3(C)C)c12. The van der Waals surface area contributed by atoms with Gasteiger partial charge in [0.2, 0.25) is 0 Å². The number of aromatic nitrogens is 3. The molecule has 1 atom stereocenters. The van der Waals surface area contributed by atoms with E-state index in [0.29, 0.717) is 5.92 Å². The Morgan fingerprint density at radius 2 is 2.30 bits per heavy atom. The monoisotopic (exact) mass is 274 g/mol. The van der Waals surface area contributed by atoms with E-state index in [0.717, 1.165) is 42.8 Å². The normalized spacial score (nSPS) is 21.4. The zero-order chi connectivity index (χ0) is 14.2. The highest BCUT2D eigenvalue weighted by Crippen LogP contribution is 2.32. The second-order valence-corrected chi connectivity index (χ2v) is 5.93. The Hall–Kier alpha value is -1.62.